The zero-order chi connectivity index (χ0) is 18.8. The molecule has 0 saturated carbocycles. The van der Waals surface area contributed by atoms with Crippen LogP contribution in [0.2, 0.25) is 0 Å². The van der Waals surface area contributed by atoms with E-state index >= 15 is 0 Å². The van der Waals surface area contributed by atoms with Crippen molar-refractivity contribution in [3.8, 4) is 5.75 Å². The van der Waals surface area contributed by atoms with Crippen LogP contribution in [0.4, 0.5) is 11.6 Å². The van der Waals surface area contributed by atoms with E-state index in [0.717, 1.165) is 17.0 Å². The summed E-state index contributed by atoms with van der Waals surface area (Å²) >= 11 is 0. The van der Waals surface area contributed by atoms with Crippen LogP contribution in [0, 0.1) is 0 Å². The van der Waals surface area contributed by atoms with Crippen LogP contribution in [0.15, 0.2) is 72.2 Å². The normalized spacial score (nSPS) is 15.7. The molecule has 1 amide bonds. The van der Waals surface area contributed by atoms with Crippen molar-refractivity contribution in [3.05, 3.63) is 77.8 Å². The molecular formula is C20H19N5O2. The summed E-state index contributed by atoms with van der Waals surface area (Å²) in [6.07, 6.45) is 1.48. The van der Waals surface area contributed by atoms with Gasteiger partial charge in [-0.05, 0) is 36.8 Å². The molecule has 0 aliphatic carbocycles. The monoisotopic (exact) mass is 361 g/mol. The molecule has 7 nitrogen and oxygen atoms in total. The lowest BCUT2D eigenvalue weighted by Crippen LogP contribution is -2.31. The van der Waals surface area contributed by atoms with Crippen LogP contribution in [0.1, 0.15) is 18.5 Å². The average molecular weight is 361 g/mol. The molecule has 136 valence electrons. The number of aromatic nitrogens is 3. The highest BCUT2D eigenvalue weighted by Crippen LogP contribution is 2.35. The second-order valence-electron chi connectivity index (χ2n) is 6.19. The van der Waals surface area contributed by atoms with E-state index in [1.807, 2.05) is 37.3 Å². The van der Waals surface area contributed by atoms with E-state index in [-0.39, 0.29) is 11.9 Å². The first-order valence-electron chi connectivity index (χ1n) is 8.55. The summed E-state index contributed by atoms with van der Waals surface area (Å²) in [5.74, 6) is 1.15. The molecule has 2 N–H and O–H groups in total. The fraction of sp³-hybridized carbons (Fsp3) is 0.150. The van der Waals surface area contributed by atoms with Crippen LogP contribution in [-0.4, -0.2) is 27.8 Å². The fourth-order valence-electron chi connectivity index (χ4n) is 3.20. The summed E-state index contributed by atoms with van der Waals surface area (Å²) in [7, 11) is 1.61. The van der Waals surface area contributed by atoms with Gasteiger partial charge in [-0.15, -0.1) is 0 Å². The minimum absolute atomic E-state index is 0.194. The molecule has 27 heavy (non-hydrogen) atoms. The molecule has 0 fully saturated rings. The summed E-state index contributed by atoms with van der Waals surface area (Å²) in [6.45, 7) is 1.87. The third-order valence-electron chi connectivity index (χ3n) is 4.50. The van der Waals surface area contributed by atoms with Gasteiger partial charge in [-0.25, -0.2) is 4.68 Å². The Labute approximate surface area is 156 Å². The number of benzene rings is 2. The molecule has 0 saturated heterocycles. The Morgan fingerprint density at radius 2 is 1.89 bits per heavy atom. The zero-order valence-corrected chi connectivity index (χ0v) is 15.0. The van der Waals surface area contributed by atoms with Crippen molar-refractivity contribution in [3.63, 3.8) is 0 Å². The third-order valence-corrected chi connectivity index (χ3v) is 4.50. The minimum Gasteiger partial charge on any atom is -0.497 e. The van der Waals surface area contributed by atoms with Gasteiger partial charge in [0.25, 0.3) is 5.91 Å². The van der Waals surface area contributed by atoms with E-state index in [9.17, 15) is 4.79 Å². The topological polar surface area (TPSA) is 81.1 Å². The van der Waals surface area contributed by atoms with Crippen LogP contribution >= 0.6 is 0 Å². The van der Waals surface area contributed by atoms with E-state index < -0.39 is 0 Å². The lowest BCUT2D eigenvalue weighted by Gasteiger charge is -2.28. The molecule has 3 aromatic rings. The van der Waals surface area contributed by atoms with Gasteiger partial charge in [-0.3, -0.25) is 4.79 Å². The number of ether oxygens (including phenoxy) is 1. The van der Waals surface area contributed by atoms with Gasteiger partial charge in [-0.2, -0.15) is 10.1 Å². The quantitative estimate of drug-likeness (QED) is 0.746. The van der Waals surface area contributed by atoms with Crippen molar-refractivity contribution in [1.29, 1.82) is 0 Å². The Morgan fingerprint density at radius 1 is 1.15 bits per heavy atom. The highest BCUT2D eigenvalue weighted by atomic mass is 16.5. The summed E-state index contributed by atoms with van der Waals surface area (Å²) < 4.78 is 6.89. The summed E-state index contributed by atoms with van der Waals surface area (Å²) in [6, 6.07) is 16.7. The number of rotatable bonds is 4. The van der Waals surface area contributed by atoms with E-state index in [0.29, 0.717) is 17.2 Å². The van der Waals surface area contributed by atoms with Crippen molar-refractivity contribution < 1.29 is 9.53 Å². The Morgan fingerprint density at radius 3 is 2.59 bits per heavy atom. The zero-order valence-electron chi connectivity index (χ0n) is 15.0. The molecule has 0 unspecified atom stereocenters. The highest BCUT2D eigenvalue weighted by Gasteiger charge is 2.33. The molecular weight excluding hydrogens is 342 g/mol. The summed E-state index contributed by atoms with van der Waals surface area (Å²) in [5.41, 5.74) is 2.99. The summed E-state index contributed by atoms with van der Waals surface area (Å²) in [4.78, 5) is 17.4. The molecule has 2 aromatic carbocycles. The second-order valence-corrected chi connectivity index (χ2v) is 6.19. The number of anilines is 2. The predicted octanol–water partition coefficient (Wildman–Crippen LogP) is 3.21. The van der Waals surface area contributed by atoms with Gasteiger partial charge < -0.3 is 15.4 Å². The Balaban J connectivity index is 1.70. The van der Waals surface area contributed by atoms with E-state index in [1.165, 1.54) is 6.33 Å². The maximum absolute atomic E-state index is 13.1. The Kier molecular flexibility index (Phi) is 4.33. The van der Waals surface area contributed by atoms with Crippen LogP contribution in [-0.2, 0) is 4.79 Å². The van der Waals surface area contributed by atoms with Crippen LogP contribution < -0.4 is 15.4 Å². The van der Waals surface area contributed by atoms with Crippen LogP contribution in [0.5, 0.6) is 5.75 Å². The van der Waals surface area contributed by atoms with Gasteiger partial charge in [0.05, 0.1) is 12.7 Å². The number of carbonyl (C=O) groups is 1. The van der Waals surface area contributed by atoms with Gasteiger partial charge in [0.1, 0.15) is 18.1 Å². The molecule has 1 aliphatic heterocycles. The van der Waals surface area contributed by atoms with Crippen molar-refractivity contribution in [2.45, 2.75) is 13.0 Å². The molecule has 0 bridgehead atoms. The Bertz CT molecular complexity index is 993. The Hall–Kier alpha value is -3.61. The SMILES string of the molecule is COc1ccc(NC(=O)C2=C(C)Nc3ncnn3[C@H]2c2ccccc2)cc1. The number of hydrogen-bond donors (Lipinski definition) is 2. The lowest BCUT2D eigenvalue weighted by atomic mass is 9.95. The summed E-state index contributed by atoms with van der Waals surface area (Å²) in [5, 5.41) is 10.4. The number of hydrogen-bond acceptors (Lipinski definition) is 5. The van der Waals surface area contributed by atoms with Gasteiger partial charge in [0, 0.05) is 11.4 Å². The fourth-order valence-corrected chi connectivity index (χ4v) is 3.20. The molecule has 4 rings (SSSR count). The second kappa shape index (κ2) is 6.95. The minimum atomic E-state index is -0.358. The standard InChI is InChI=1S/C20H19N5O2/c1-13-17(19(26)24-15-8-10-16(27-2)11-9-15)18(14-6-4-3-5-7-14)25-20(23-13)21-12-22-25/h3-12,18H,1-2H3,(H,24,26)(H,21,22,23)/t18-/m0/s1. The number of nitrogens with one attached hydrogen (secondary N) is 2. The van der Waals surface area contributed by atoms with E-state index in [1.54, 1.807) is 36.1 Å². The van der Waals surface area contributed by atoms with Gasteiger partial charge in [-0.1, -0.05) is 30.3 Å². The smallest absolute Gasteiger partial charge is 0.255 e. The van der Waals surface area contributed by atoms with Gasteiger partial charge in [0.2, 0.25) is 5.95 Å². The van der Waals surface area contributed by atoms with E-state index in [4.69, 9.17) is 4.74 Å². The first-order chi connectivity index (χ1) is 13.2. The largest absolute Gasteiger partial charge is 0.497 e. The molecule has 1 aliphatic rings. The van der Waals surface area contributed by atoms with Gasteiger partial charge >= 0.3 is 0 Å². The predicted molar refractivity (Wildman–Crippen MR) is 103 cm³/mol. The molecule has 1 aromatic heterocycles. The van der Waals surface area contributed by atoms with Crippen molar-refractivity contribution in [2.24, 2.45) is 0 Å². The van der Waals surface area contributed by atoms with Crippen LogP contribution in [0.25, 0.3) is 0 Å². The molecule has 2 heterocycles. The molecule has 0 radical (unpaired) electrons. The van der Waals surface area contributed by atoms with Gasteiger partial charge in [0.15, 0.2) is 0 Å². The maximum Gasteiger partial charge on any atom is 0.255 e. The lowest BCUT2D eigenvalue weighted by molar-refractivity contribution is -0.113. The average Bonchev–Trinajstić information content (AvgIpc) is 3.16. The number of amides is 1. The number of nitrogens with zero attached hydrogens (tertiary/aromatic N) is 3. The number of carbonyl (C=O) groups excluding carboxylic acids is 1. The third kappa shape index (κ3) is 3.15. The van der Waals surface area contributed by atoms with Crippen molar-refractivity contribution in [2.75, 3.05) is 17.7 Å². The number of allylic oxidation sites excluding steroid dienone is 1. The number of fused-ring (bicyclic) bond motifs is 1. The maximum atomic E-state index is 13.1. The van der Waals surface area contributed by atoms with E-state index in [2.05, 4.69) is 20.7 Å². The van der Waals surface area contributed by atoms with Crippen molar-refractivity contribution in [1.82, 2.24) is 14.8 Å². The molecule has 7 heteroatoms. The van der Waals surface area contributed by atoms with Crippen molar-refractivity contribution >= 4 is 17.5 Å². The first-order valence-corrected chi connectivity index (χ1v) is 8.55. The van der Waals surface area contributed by atoms with Crippen LogP contribution in [0.3, 0.4) is 0 Å². The molecule has 0 spiro atoms. The first kappa shape index (κ1) is 16.8. The number of methoxy groups -OCH3 is 1. The highest BCUT2D eigenvalue weighted by molar-refractivity contribution is 6.06. The molecule has 1 atom stereocenters.